The average Bonchev–Trinajstić information content (AvgIpc) is 2.83. The van der Waals surface area contributed by atoms with Crippen molar-refractivity contribution in [3.05, 3.63) is 63.8 Å². The minimum Gasteiger partial charge on any atom is -0.493 e. The van der Waals surface area contributed by atoms with Crippen molar-refractivity contribution in [3.63, 3.8) is 0 Å². The van der Waals surface area contributed by atoms with Crippen LogP contribution in [0.3, 0.4) is 0 Å². The Balaban J connectivity index is 1.80. The number of nitrogens with one attached hydrogen (secondary N) is 2. The molecular weight excluding hydrogens is 466 g/mol. The summed E-state index contributed by atoms with van der Waals surface area (Å²) in [6.45, 7) is -1.51. The molecule has 1 amide bonds. The number of halogens is 2. The normalized spacial score (nSPS) is 10.7. The number of aromatic amines is 1. The van der Waals surface area contributed by atoms with Crippen LogP contribution in [0.15, 0.2) is 41.5 Å². The SMILES string of the molecule is COC(=O)c1cc(OC)c(OC(F)F)cc1NC(=O)CCc1c(C)nc(-c2ccncc2)[nH]c1=O. The van der Waals surface area contributed by atoms with Crippen molar-refractivity contribution in [3.8, 4) is 22.9 Å². The van der Waals surface area contributed by atoms with Crippen molar-refractivity contribution in [1.29, 1.82) is 0 Å². The molecule has 184 valence electrons. The van der Waals surface area contributed by atoms with Crippen molar-refractivity contribution in [1.82, 2.24) is 15.0 Å². The van der Waals surface area contributed by atoms with Crippen LogP contribution in [0.25, 0.3) is 11.4 Å². The molecule has 0 atom stereocenters. The summed E-state index contributed by atoms with van der Waals surface area (Å²) in [7, 11) is 2.34. The number of carbonyl (C=O) groups excluding carboxylic acids is 2. The Labute approximate surface area is 198 Å². The number of carbonyl (C=O) groups is 2. The lowest BCUT2D eigenvalue weighted by atomic mass is 10.1. The molecule has 0 saturated heterocycles. The lowest BCUT2D eigenvalue weighted by Gasteiger charge is -2.15. The number of rotatable bonds is 9. The number of hydrogen-bond acceptors (Lipinski definition) is 8. The third-order valence-electron chi connectivity index (χ3n) is 4.98. The first-order chi connectivity index (χ1) is 16.7. The molecule has 0 radical (unpaired) electrons. The van der Waals surface area contributed by atoms with Crippen LogP contribution in [0, 0.1) is 6.92 Å². The minimum atomic E-state index is -3.16. The first kappa shape index (κ1) is 25.3. The lowest BCUT2D eigenvalue weighted by Crippen LogP contribution is -2.21. The Bertz CT molecular complexity index is 1280. The number of hydrogen-bond donors (Lipinski definition) is 2. The number of ether oxygens (including phenoxy) is 3. The number of anilines is 1. The van der Waals surface area contributed by atoms with Gasteiger partial charge in [-0.1, -0.05) is 0 Å². The van der Waals surface area contributed by atoms with E-state index in [9.17, 15) is 23.2 Å². The number of esters is 1. The van der Waals surface area contributed by atoms with E-state index in [0.717, 1.165) is 19.2 Å². The summed E-state index contributed by atoms with van der Waals surface area (Å²) in [5.74, 6) is -1.57. The second kappa shape index (κ2) is 11.2. The van der Waals surface area contributed by atoms with Gasteiger partial charge in [-0.05, 0) is 25.5 Å². The molecule has 2 aromatic heterocycles. The zero-order valence-corrected chi connectivity index (χ0v) is 19.1. The van der Waals surface area contributed by atoms with Gasteiger partial charge in [0.2, 0.25) is 5.91 Å². The second-order valence-corrected chi connectivity index (χ2v) is 7.18. The number of aromatic nitrogens is 3. The fourth-order valence-corrected chi connectivity index (χ4v) is 3.29. The van der Waals surface area contributed by atoms with Crippen LogP contribution < -0.4 is 20.3 Å². The molecule has 0 spiro atoms. The summed E-state index contributed by atoms with van der Waals surface area (Å²) in [6, 6.07) is 5.56. The predicted octanol–water partition coefficient (Wildman–Crippen LogP) is 3.11. The van der Waals surface area contributed by atoms with Gasteiger partial charge >= 0.3 is 12.6 Å². The lowest BCUT2D eigenvalue weighted by molar-refractivity contribution is -0.116. The number of H-pyrrole nitrogens is 1. The van der Waals surface area contributed by atoms with E-state index < -0.39 is 24.0 Å². The van der Waals surface area contributed by atoms with E-state index in [1.807, 2.05) is 0 Å². The van der Waals surface area contributed by atoms with E-state index in [2.05, 4.69) is 25.0 Å². The van der Waals surface area contributed by atoms with Gasteiger partial charge in [-0.2, -0.15) is 8.78 Å². The summed E-state index contributed by atoms with van der Waals surface area (Å²) in [5.41, 5.74) is 0.792. The Hall–Kier alpha value is -4.35. The fourth-order valence-electron chi connectivity index (χ4n) is 3.29. The molecule has 0 unspecified atom stereocenters. The highest BCUT2D eigenvalue weighted by Crippen LogP contribution is 2.35. The number of amides is 1. The number of alkyl halides is 2. The third kappa shape index (κ3) is 6.16. The summed E-state index contributed by atoms with van der Waals surface area (Å²) in [5, 5.41) is 2.48. The summed E-state index contributed by atoms with van der Waals surface area (Å²) >= 11 is 0. The van der Waals surface area contributed by atoms with Gasteiger partial charge < -0.3 is 24.5 Å². The molecule has 35 heavy (non-hydrogen) atoms. The standard InChI is InChI=1S/C23H22F2N4O6/c1-12-14(21(31)29-20(27-12)13-6-8-26-9-7-13)4-5-19(30)28-16-11-18(35-23(24)25)17(33-2)10-15(16)22(32)34-3/h6-11,23H,4-5H2,1-3H3,(H,28,30)(H,27,29,31). The third-order valence-corrected chi connectivity index (χ3v) is 4.98. The quantitative estimate of drug-likeness (QED) is 0.439. The molecule has 0 bridgehead atoms. The van der Waals surface area contributed by atoms with Gasteiger partial charge in [-0.15, -0.1) is 0 Å². The van der Waals surface area contributed by atoms with Crippen molar-refractivity contribution in [2.24, 2.45) is 0 Å². The highest BCUT2D eigenvalue weighted by Gasteiger charge is 2.21. The molecular formula is C23H22F2N4O6. The predicted molar refractivity (Wildman–Crippen MR) is 121 cm³/mol. The molecule has 12 heteroatoms. The first-order valence-corrected chi connectivity index (χ1v) is 10.3. The Kier molecular flexibility index (Phi) is 8.08. The van der Waals surface area contributed by atoms with Crippen molar-refractivity contribution in [2.45, 2.75) is 26.4 Å². The molecule has 2 heterocycles. The molecule has 2 N–H and O–H groups in total. The van der Waals surface area contributed by atoms with Crippen LogP contribution in [-0.4, -0.2) is 47.7 Å². The summed E-state index contributed by atoms with van der Waals surface area (Å²) in [6.07, 6.45) is 3.03. The topological polar surface area (TPSA) is 132 Å². The molecule has 0 aliphatic heterocycles. The number of benzene rings is 1. The summed E-state index contributed by atoms with van der Waals surface area (Å²) < 4.78 is 39.7. The van der Waals surface area contributed by atoms with Crippen LogP contribution in [0.2, 0.25) is 0 Å². The van der Waals surface area contributed by atoms with Gasteiger partial charge in [0.1, 0.15) is 5.82 Å². The Morgan fingerprint density at radius 3 is 2.46 bits per heavy atom. The Morgan fingerprint density at radius 1 is 1.14 bits per heavy atom. The Morgan fingerprint density at radius 2 is 1.86 bits per heavy atom. The molecule has 3 aromatic rings. The number of nitrogens with zero attached hydrogens (tertiary/aromatic N) is 2. The number of methoxy groups -OCH3 is 2. The number of pyridine rings is 1. The summed E-state index contributed by atoms with van der Waals surface area (Å²) in [4.78, 5) is 48.4. The second-order valence-electron chi connectivity index (χ2n) is 7.18. The molecule has 0 fully saturated rings. The van der Waals surface area contributed by atoms with Gasteiger partial charge in [0.15, 0.2) is 11.5 Å². The maximum Gasteiger partial charge on any atom is 0.387 e. The zero-order chi connectivity index (χ0) is 25.5. The molecule has 0 aliphatic rings. The molecule has 3 rings (SSSR count). The minimum absolute atomic E-state index is 0.0424. The molecule has 0 aliphatic carbocycles. The maximum atomic E-state index is 12.8. The van der Waals surface area contributed by atoms with Crippen LogP contribution in [0.5, 0.6) is 11.5 Å². The van der Waals surface area contributed by atoms with Gasteiger partial charge in [-0.3, -0.25) is 14.6 Å². The van der Waals surface area contributed by atoms with Crippen LogP contribution >= 0.6 is 0 Å². The van der Waals surface area contributed by atoms with Crippen molar-refractivity contribution < 1.29 is 32.6 Å². The van der Waals surface area contributed by atoms with Gasteiger partial charge in [0.25, 0.3) is 5.56 Å². The molecule has 1 aromatic carbocycles. The van der Waals surface area contributed by atoms with Gasteiger partial charge in [-0.25, -0.2) is 9.78 Å². The average molecular weight is 488 g/mol. The zero-order valence-electron chi connectivity index (χ0n) is 19.1. The number of aryl methyl sites for hydroxylation is 1. The van der Waals surface area contributed by atoms with Gasteiger partial charge in [0.05, 0.1) is 25.5 Å². The van der Waals surface area contributed by atoms with Crippen molar-refractivity contribution >= 4 is 17.6 Å². The highest BCUT2D eigenvalue weighted by atomic mass is 19.3. The smallest absolute Gasteiger partial charge is 0.387 e. The van der Waals surface area contributed by atoms with Crippen LogP contribution in [-0.2, 0) is 16.0 Å². The highest BCUT2D eigenvalue weighted by molar-refractivity contribution is 6.02. The van der Waals surface area contributed by atoms with Crippen LogP contribution in [0.1, 0.15) is 28.0 Å². The van der Waals surface area contributed by atoms with Gasteiger partial charge in [0, 0.05) is 47.8 Å². The maximum absolute atomic E-state index is 12.8. The monoisotopic (exact) mass is 488 g/mol. The van der Waals surface area contributed by atoms with E-state index in [0.29, 0.717) is 22.6 Å². The van der Waals surface area contributed by atoms with E-state index in [1.54, 1.807) is 31.5 Å². The van der Waals surface area contributed by atoms with E-state index in [1.165, 1.54) is 7.11 Å². The van der Waals surface area contributed by atoms with Crippen molar-refractivity contribution in [2.75, 3.05) is 19.5 Å². The fraction of sp³-hybridized carbons (Fsp3) is 0.261. The largest absolute Gasteiger partial charge is 0.493 e. The van der Waals surface area contributed by atoms with E-state index >= 15 is 0 Å². The van der Waals surface area contributed by atoms with Crippen LogP contribution in [0.4, 0.5) is 14.5 Å². The van der Waals surface area contributed by atoms with E-state index in [-0.39, 0.29) is 35.6 Å². The van der Waals surface area contributed by atoms with E-state index in [4.69, 9.17) is 9.47 Å². The molecule has 0 saturated carbocycles. The first-order valence-electron chi connectivity index (χ1n) is 10.3. The molecule has 10 nitrogen and oxygen atoms in total.